The van der Waals surface area contributed by atoms with Crippen molar-refractivity contribution in [2.24, 2.45) is 5.73 Å². The summed E-state index contributed by atoms with van der Waals surface area (Å²) in [6.07, 6.45) is 3.27. The molecule has 1 aromatic carbocycles. The molecule has 0 atom stereocenters. The van der Waals surface area contributed by atoms with Gasteiger partial charge in [0.25, 0.3) is 0 Å². The minimum absolute atomic E-state index is 0.00372. The van der Waals surface area contributed by atoms with E-state index in [-0.39, 0.29) is 10.7 Å². The number of carbonyl (C=O) groups excluding carboxylic acids is 2. The summed E-state index contributed by atoms with van der Waals surface area (Å²) in [4.78, 5) is 21.8. The molecule has 0 unspecified atom stereocenters. The van der Waals surface area contributed by atoms with Gasteiger partial charge >= 0.3 is 0 Å². The number of hydrogen-bond donors (Lipinski definition) is 1. The third-order valence-electron chi connectivity index (χ3n) is 1.96. The summed E-state index contributed by atoms with van der Waals surface area (Å²) in [5.41, 5.74) is 5.84. The maximum atomic E-state index is 13.0. The van der Waals surface area contributed by atoms with E-state index in [4.69, 9.17) is 5.73 Å². The third-order valence-corrected chi connectivity index (χ3v) is 2.72. The van der Waals surface area contributed by atoms with Crippen LogP contribution in [0.1, 0.15) is 22.8 Å². The van der Waals surface area contributed by atoms with Crippen LogP contribution in [0.5, 0.6) is 0 Å². The van der Waals surface area contributed by atoms with Crippen molar-refractivity contribution < 1.29 is 14.0 Å². The molecule has 5 heteroatoms. The average Bonchev–Trinajstić information content (AvgIpc) is 2.23. The first kappa shape index (κ1) is 13.4. The normalized spacial score (nSPS) is 10.7. The van der Waals surface area contributed by atoms with Gasteiger partial charge in [0.05, 0.1) is 0 Å². The zero-order valence-corrected chi connectivity index (χ0v) is 10.1. The third kappa shape index (κ3) is 4.40. The van der Waals surface area contributed by atoms with Crippen LogP contribution in [-0.4, -0.2) is 16.8 Å². The molecule has 0 heterocycles. The first-order chi connectivity index (χ1) is 8.00. The van der Waals surface area contributed by atoms with Crippen molar-refractivity contribution in [2.45, 2.75) is 6.92 Å². The van der Waals surface area contributed by atoms with Crippen LogP contribution in [0.25, 0.3) is 6.08 Å². The summed E-state index contributed by atoms with van der Waals surface area (Å²) in [5.74, 6) is -0.568. The number of rotatable bonds is 4. The number of carbonyl (C=O) groups is 2. The second kappa shape index (κ2) is 6.20. The van der Waals surface area contributed by atoms with Crippen LogP contribution in [0.3, 0.4) is 0 Å². The number of benzene rings is 1. The van der Waals surface area contributed by atoms with Gasteiger partial charge < -0.3 is 5.73 Å². The number of amides is 1. The molecule has 3 nitrogen and oxygen atoms in total. The van der Waals surface area contributed by atoms with E-state index < -0.39 is 11.7 Å². The molecular weight excluding hydrogens is 241 g/mol. The highest BCUT2D eigenvalue weighted by Gasteiger charge is 2.06. The quantitative estimate of drug-likeness (QED) is 0.895. The Morgan fingerprint density at radius 3 is 2.76 bits per heavy atom. The molecule has 0 radical (unpaired) electrons. The Bertz CT molecular complexity index is 472. The topological polar surface area (TPSA) is 60.2 Å². The molecule has 0 aliphatic carbocycles. The molecule has 0 aliphatic heterocycles. The lowest BCUT2D eigenvalue weighted by atomic mass is 10.1. The largest absolute Gasteiger partial charge is 0.366 e. The van der Waals surface area contributed by atoms with Crippen molar-refractivity contribution in [3.8, 4) is 0 Å². The van der Waals surface area contributed by atoms with Gasteiger partial charge in [-0.05, 0) is 23.8 Å². The summed E-state index contributed by atoms with van der Waals surface area (Å²) in [6, 6.07) is 3.76. The zero-order valence-electron chi connectivity index (χ0n) is 9.27. The van der Waals surface area contributed by atoms with Crippen LogP contribution in [0.2, 0.25) is 0 Å². The maximum absolute atomic E-state index is 13.0. The van der Waals surface area contributed by atoms with E-state index in [1.807, 2.05) is 0 Å². The Morgan fingerprint density at radius 1 is 1.47 bits per heavy atom. The fourth-order valence-electron chi connectivity index (χ4n) is 1.24. The lowest BCUT2D eigenvalue weighted by molar-refractivity contribution is -0.109. The van der Waals surface area contributed by atoms with E-state index in [2.05, 4.69) is 0 Å². The van der Waals surface area contributed by atoms with Crippen LogP contribution in [0.4, 0.5) is 4.39 Å². The van der Waals surface area contributed by atoms with Crippen molar-refractivity contribution in [2.75, 3.05) is 5.75 Å². The molecule has 90 valence electrons. The summed E-state index contributed by atoms with van der Waals surface area (Å²) in [5, 5.41) is 0.00372. The van der Waals surface area contributed by atoms with Gasteiger partial charge in [-0.3, -0.25) is 9.59 Å². The van der Waals surface area contributed by atoms with Crippen molar-refractivity contribution in [1.82, 2.24) is 0 Å². The molecule has 0 aromatic heterocycles. The van der Waals surface area contributed by atoms with Gasteiger partial charge in [-0.15, -0.1) is 0 Å². The van der Waals surface area contributed by atoms with E-state index in [1.54, 1.807) is 12.2 Å². The van der Waals surface area contributed by atoms with Crippen LogP contribution in [0, 0.1) is 5.82 Å². The molecule has 1 aromatic rings. The fraction of sp³-hybridized carbons (Fsp3) is 0.167. The minimum atomic E-state index is -0.608. The molecule has 0 fully saturated rings. The molecular formula is C12H12FNO2S. The van der Waals surface area contributed by atoms with E-state index in [0.717, 1.165) is 11.8 Å². The van der Waals surface area contributed by atoms with Gasteiger partial charge in [0.2, 0.25) is 5.91 Å². The summed E-state index contributed by atoms with van der Waals surface area (Å²) < 4.78 is 13.0. The number of halogens is 1. The van der Waals surface area contributed by atoms with Gasteiger partial charge in [-0.25, -0.2) is 4.39 Å². The van der Waals surface area contributed by atoms with E-state index >= 15 is 0 Å². The standard InChI is InChI=1S/C12H12FNO2S/c1-8(15)17-6-2-3-9-7-10(13)4-5-11(9)12(14)16/h2-5,7H,6H2,1H3,(H2,14,16). The first-order valence-electron chi connectivity index (χ1n) is 4.90. The van der Waals surface area contributed by atoms with Crippen molar-refractivity contribution in [3.63, 3.8) is 0 Å². The fourth-order valence-corrected chi connectivity index (χ4v) is 1.66. The van der Waals surface area contributed by atoms with Crippen LogP contribution < -0.4 is 5.73 Å². The Labute approximate surface area is 103 Å². The minimum Gasteiger partial charge on any atom is -0.366 e. The smallest absolute Gasteiger partial charge is 0.249 e. The number of primary amides is 1. The molecule has 17 heavy (non-hydrogen) atoms. The number of nitrogens with two attached hydrogens (primary N) is 1. The average molecular weight is 253 g/mol. The van der Waals surface area contributed by atoms with Crippen molar-refractivity contribution in [3.05, 3.63) is 41.2 Å². The lowest BCUT2D eigenvalue weighted by Gasteiger charge is -2.01. The van der Waals surface area contributed by atoms with Crippen molar-refractivity contribution >= 4 is 28.9 Å². The summed E-state index contributed by atoms with van der Waals surface area (Å²) in [7, 11) is 0. The molecule has 1 rings (SSSR count). The molecule has 1 amide bonds. The molecule has 0 saturated carbocycles. The molecule has 2 N–H and O–H groups in total. The summed E-state index contributed by atoms with van der Waals surface area (Å²) >= 11 is 1.13. The first-order valence-corrected chi connectivity index (χ1v) is 5.88. The monoisotopic (exact) mass is 253 g/mol. The highest BCUT2D eigenvalue weighted by molar-refractivity contribution is 8.13. The molecule has 0 saturated heterocycles. The van der Waals surface area contributed by atoms with Gasteiger partial charge in [-0.1, -0.05) is 23.9 Å². The second-order valence-electron chi connectivity index (χ2n) is 3.30. The van der Waals surface area contributed by atoms with E-state index in [0.29, 0.717) is 11.3 Å². The Kier molecular flexibility index (Phi) is 4.90. The lowest BCUT2D eigenvalue weighted by Crippen LogP contribution is -2.12. The SMILES string of the molecule is CC(=O)SCC=Cc1cc(F)ccc1C(N)=O. The van der Waals surface area contributed by atoms with Crippen LogP contribution in [-0.2, 0) is 4.79 Å². The number of hydrogen-bond acceptors (Lipinski definition) is 3. The van der Waals surface area contributed by atoms with Gasteiger partial charge in [0, 0.05) is 18.2 Å². The van der Waals surface area contributed by atoms with E-state index in [9.17, 15) is 14.0 Å². The van der Waals surface area contributed by atoms with Crippen LogP contribution >= 0.6 is 11.8 Å². The van der Waals surface area contributed by atoms with Crippen molar-refractivity contribution in [1.29, 1.82) is 0 Å². The Morgan fingerprint density at radius 2 is 2.18 bits per heavy atom. The van der Waals surface area contributed by atoms with Gasteiger partial charge in [0.15, 0.2) is 5.12 Å². The van der Waals surface area contributed by atoms with Crippen LogP contribution in [0.15, 0.2) is 24.3 Å². The molecule has 0 aliphatic rings. The van der Waals surface area contributed by atoms with Gasteiger partial charge in [0.1, 0.15) is 5.82 Å². The predicted octanol–water partition coefficient (Wildman–Crippen LogP) is 2.22. The molecule has 0 bridgehead atoms. The maximum Gasteiger partial charge on any atom is 0.249 e. The second-order valence-corrected chi connectivity index (χ2v) is 4.50. The number of thioether (sulfide) groups is 1. The summed E-state index contributed by atoms with van der Waals surface area (Å²) in [6.45, 7) is 1.47. The molecule has 0 spiro atoms. The van der Waals surface area contributed by atoms with Gasteiger partial charge in [-0.2, -0.15) is 0 Å². The Hall–Kier alpha value is -1.62. The Balaban J connectivity index is 2.85. The van der Waals surface area contributed by atoms with E-state index in [1.165, 1.54) is 25.1 Å². The zero-order chi connectivity index (χ0) is 12.8. The highest BCUT2D eigenvalue weighted by Crippen LogP contribution is 2.13. The highest BCUT2D eigenvalue weighted by atomic mass is 32.2. The predicted molar refractivity (Wildman–Crippen MR) is 67.1 cm³/mol.